The van der Waals surface area contributed by atoms with Crippen LogP contribution in [0.5, 0.6) is 0 Å². The highest BCUT2D eigenvalue weighted by Gasteiger charge is 2.69. The lowest BCUT2D eigenvalue weighted by Gasteiger charge is -2.64. The fraction of sp³-hybridized carbons (Fsp3) is 0.818. The molecule has 0 spiro atoms. The van der Waals surface area contributed by atoms with Crippen molar-refractivity contribution in [1.82, 2.24) is 0 Å². The Morgan fingerprint density at radius 1 is 0.405 bits per heavy atom. The molecular formula is C33H68Si4. The van der Waals surface area contributed by atoms with E-state index in [4.69, 9.17) is 0 Å². The summed E-state index contributed by atoms with van der Waals surface area (Å²) in [4.78, 5) is 0. The highest BCUT2D eigenvalue weighted by atomic mass is 29.9. The molecule has 0 radical (unpaired) electrons. The first kappa shape index (κ1) is 35.1. The number of benzene rings is 1. The monoisotopic (exact) mass is 576 g/mol. The van der Waals surface area contributed by atoms with E-state index in [1.165, 1.54) is 77.0 Å². The molecule has 37 heavy (non-hydrogen) atoms. The van der Waals surface area contributed by atoms with E-state index in [1.807, 2.05) is 5.19 Å². The maximum atomic E-state index is 3.05. The topological polar surface area (TPSA) is 0 Å². The van der Waals surface area contributed by atoms with Crippen molar-refractivity contribution in [1.29, 1.82) is 0 Å². The minimum absolute atomic E-state index is 1.39. The van der Waals surface area contributed by atoms with Gasteiger partial charge < -0.3 is 0 Å². The van der Waals surface area contributed by atoms with Crippen LogP contribution in [0.25, 0.3) is 0 Å². The lowest BCUT2D eigenvalue weighted by molar-refractivity contribution is 0.827. The second-order valence-electron chi connectivity index (χ2n) is 13.4. The molecule has 1 aromatic rings. The summed E-state index contributed by atoms with van der Waals surface area (Å²) < 4.78 is 0. The summed E-state index contributed by atoms with van der Waals surface area (Å²) in [7, 11) is -4.56. The molecule has 0 bridgehead atoms. The largest absolute Gasteiger partial charge is 0.0712 e. The van der Waals surface area contributed by atoms with Gasteiger partial charge in [0.05, 0.1) is 6.63 Å². The predicted molar refractivity (Wildman–Crippen MR) is 185 cm³/mol. The van der Waals surface area contributed by atoms with Crippen LogP contribution in [0.1, 0.15) is 119 Å². The van der Waals surface area contributed by atoms with Crippen LogP contribution in [0.2, 0.25) is 55.9 Å². The molecule has 1 aromatic carbocycles. The van der Waals surface area contributed by atoms with E-state index in [2.05, 4.69) is 91.5 Å². The van der Waals surface area contributed by atoms with E-state index >= 15 is 0 Å². The van der Waals surface area contributed by atoms with E-state index in [0.29, 0.717) is 0 Å². The SMILES string of the molecule is CCCC[Si](C)(CCCC)[Si](c1ccccc1)([Si](C)(CCCC)CCCC)[Si](C)(CCCC)CCCC. The van der Waals surface area contributed by atoms with Crippen LogP contribution >= 0.6 is 0 Å². The molecule has 0 aromatic heterocycles. The van der Waals surface area contributed by atoms with Crippen LogP contribution in [0.4, 0.5) is 0 Å². The molecule has 0 atom stereocenters. The van der Waals surface area contributed by atoms with E-state index in [0.717, 1.165) is 0 Å². The fourth-order valence-electron chi connectivity index (χ4n) is 8.82. The molecule has 0 aliphatic rings. The van der Waals surface area contributed by atoms with Gasteiger partial charge in [-0.15, -0.1) is 0 Å². The summed E-state index contributed by atoms with van der Waals surface area (Å²) in [5.74, 6) is 0. The average Bonchev–Trinajstić information content (AvgIpc) is 2.91. The Kier molecular flexibility index (Phi) is 16.8. The molecule has 0 saturated heterocycles. The smallest absolute Gasteiger partial charge is 0.0701 e. The Morgan fingerprint density at radius 3 is 0.865 bits per heavy atom. The van der Waals surface area contributed by atoms with Gasteiger partial charge in [0.1, 0.15) is 0 Å². The molecule has 216 valence electrons. The molecule has 4 heteroatoms. The molecule has 0 fully saturated rings. The zero-order valence-corrected chi connectivity index (χ0v) is 31.1. The molecule has 0 N–H and O–H groups in total. The van der Waals surface area contributed by atoms with Crippen molar-refractivity contribution in [2.45, 2.75) is 174 Å². The van der Waals surface area contributed by atoms with Gasteiger partial charge in [0, 0.05) is 22.8 Å². The van der Waals surface area contributed by atoms with E-state index in [9.17, 15) is 0 Å². The fourth-order valence-corrected chi connectivity index (χ4v) is 109. The standard InChI is InChI=1S/C33H68Si4/c1-10-16-27-34(7,28-17-11-2)37(33-25-23-22-24-26-33,35(8,29-18-12-3)30-19-13-4)36(9,31-20-14-5)32-21-15-6/h22-26H,10-21,27-32H2,1-9H3. The maximum Gasteiger partial charge on any atom is 0.0701 e. The van der Waals surface area contributed by atoms with Crippen LogP contribution < -0.4 is 5.19 Å². The minimum Gasteiger partial charge on any atom is -0.0712 e. The van der Waals surface area contributed by atoms with Crippen LogP contribution in [0.15, 0.2) is 30.3 Å². The molecule has 0 aliphatic carbocycles. The first-order chi connectivity index (χ1) is 17.7. The molecular weight excluding hydrogens is 509 g/mol. The molecule has 0 heterocycles. The van der Waals surface area contributed by atoms with Gasteiger partial charge in [0.25, 0.3) is 0 Å². The van der Waals surface area contributed by atoms with E-state index in [-0.39, 0.29) is 0 Å². The minimum atomic E-state index is -1.74. The van der Waals surface area contributed by atoms with Crippen molar-refractivity contribution in [2.24, 2.45) is 0 Å². The first-order valence-corrected chi connectivity index (χ1v) is 30.5. The van der Waals surface area contributed by atoms with Crippen molar-refractivity contribution in [3.8, 4) is 0 Å². The van der Waals surface area contributed by atoms with Gasteiger partial charge in [0.15, 0.2) is 0 Å². The Labute approximate surface area is 238 Å². The summed E-state index contributed by atoms with van der Waals surface area (Å²) in [5, 5.41) is 2.00. The first-order valence-electron chi connectivity index (χ1n) is 16.8. The normalized spacial score (nSPS) is 13.3. The molecule has 0 aliphatic heterocycles. The van der Waals surface area contributed by atoms with E-state index < -0.39 is 29.4 Å². The third-order valence-electron chi connectivity index (χ3n) is 10.4. The lowest BCUT2D eigenvalue weighted by Crippen LogP contribution is -2.92. The summed E-state index contributed by atoms with van der Waals surface area (Å²) in [6.45, 7) is 22.2. The molecule has 0 amide bonds. The number of rotatable bonds is 22. The zero-order valence-electron chi connectivity index (χ0n) is 27.1. The third-order valence-corrected chi connectivity index (χ3v) is 81.8. The van der Waals surface area contributed by atoms with Crippen LogP contribution in [0, 0.1) is 0 Å². The van der Waals surface area contributed by atoms with Gasteiger partial charge in [-0.3, -0.25) is 0 Å². The maximum absolute atomic E-state index is 3.05. The summed E-state index contributed by atoms with van der Waals surface area (Å²) in [6, 6.07) is 22.5. The average molecular weight is 577 g/mol. The quantitative estimate of drug-likeness (QED) is 0.120. The van der Waals surface area contributed by atoms with Crippen molar-refractivity contribution in [3.63, 3.8) is 0 Å². The molecule has 0 saturated carbocycles. The van der Waals surface area contributed by atoms with Crippen LogP contribution in [-0.2, 0) is 0 Å². The summed E-state index contributed by atoms with van der Waals surface area (Å²) in [5.41, 5.74) is 0. The summed E-state index contributed by atoms with van der Waals surface area (Å²) in [6.07, 6.45) is 17.3. The number of unbranched alkanes of at least 4 members (excludes halogenated alkanes) is 6. The van der Waals surface area contributed by atoms with Crippen LogP contribution in [-0.4, -0.2) is 29.4 Å². The highest BCUT2D eigenvalue weighted by molar-refractivity contribution is 7.93. The second-order valence-corrected chi connectivity index (χ2v) is 50.0. The third kappa shape index (κ3) is 8.30. The zero-order chi connectivity index (χ0) is 27.8. The Bertz CT molecular complexity index is 613. The predicted octanol–water partition coefficient (Wildman–Crippen LogP) is 11.6. The van der Waals surface area contributed by atoms with Crippen molar-refractivity contribution < 1.29 is 0 Å². The van der Waals surface area contributed by atoms with Crippen LogP contribution in [0.3, 0.4) is 0 Å². The Balaban J connectivity index is 4.28. The van der Waals surface area contributed by atoms with E-state index in [1.54, 1.807) is 36.3 Å². The number of hydrogen-bond donors (Lipinski definition) is 0. The highest BCUT2D eigenvalue weighted by Crippen LogP contribution is 2.49. The second kappa shape index (κ2) is 17.7. The van der Waals surface area contributed by atoms with Gasteiger partial charge in [-0.05, 0) is 0 Å². The summed E-state index contributed by atoms with van der Waals surface area (Å²) >= 11 is 0. The van der Waals surface area contributed by atoms with Gasteiger partial charge in [-0.25, -0.2) is 0 Å². The van der Waals surface area contributed by atoms with Gasteiger partial charge in [0.2, 0.25) is 0 Å². The molecule has 1 rings (SSSR count). The van der Waals surface area contributed by atoms with Gasteiger partial charge in [-0.1, -0.05) is 210 Å². The van der Waals surface area contributed by atoms with Crippen molar-refractivity contribution >= 4 is 34.6 Å². The van der Waals surface area contributed by atoms with Crippen molar-refractivity contribution in [2.75, 3.05) is 0 Å². The Morgan fingerprint density at radius 2 is 0.649 bits per heavy atom. The van der Waals surface area contributed by atoms with Gasteiger partial charge >= 0.3 is 0 Å². The molecule has 0 unspecified atom stereocenters. The van der Waals surface area contributed by atoms with Crippen molar-refractivity contribution in [3.05, 3.63) is 30.3 Å². The lowest BCUT2D eigenvalue weighted by atomic mass is 10.4. The molecule has 0 nitrogen and oxygen atoms in total. The Hall–Kier alpha value is 0.0875. The number of hydrogen-bond acceptors (Lipinski definition) is 0. The van der Waals surface area contributed by atoms with Gasteiger partial charge in [-0.2, -0.15) is 0 Å².